The van der Waals surface area contributed by atoms with Crippen molar-refractivity contribution in [3.63, 3.8) is 0 Å². The molecule has 0 saturated heterocycles. The highest BCUT2D eigenvalue weighted by molar-refractivity contribution is 7.10. The topological polar surface area (TPSA) is 60.7 Å². The van der Waals surface area contributed by atoms with Gasteiger partial charge in [-0.15, -0.1) is 5.10 Å². The summed E-state index contributed by atoms with van der Waals surface area (Å²) in [4.78, 5) is 11.4. The second kappa shape index (κ2) is 4.08. The summed E-state index contributed by atoms with van der Waals surface area (Å²) in [6, 6.07) is 3.13. The Kier molecular flexibility index (Phi) is 2.79. The standard InChI is InChI=1S/C8H7ClN4OS/c1-5-2-3-7(14)13(11-5)4-6-8(9)15-12-10-6/h2-3H,4H2,1H3. The first-order chi connectivity index (χ1) is 7.16. The Morgan fingerprint density at radius 2 is 2.33 bits per heavy atom. The molecule has 0 amide bonds. The van der Waals surface area contributed by atoms with Crippen LogP contribution in [-0.2, 0) is 6.54 Å². The van der Waals surface area contributed by atoms with Crippen LogP contribution in [0.1, 0.15) is 11.4 Å². The fourth-order valence-corrected chi connectivity index (χ4v) is 1.71. The molecule has 0 aliphatic rings. The molecule has 0 fully saturated rings. The molecular weight excluding hydrogens is 236 g/mol. The van der Waals surface area contributed by atoms with Crippen molar-refractivity contribution in [3.8, 4) is 0 Å². The van der Waals surface area contributed by atoms with Crippen molar-refractivity contribution in [3.05, 3.63) is 38.2 Å². The lowest BCUT2D eigenvalue weighted by atomic mass is 10.4. The Morgan fingerprint density at radius 1 is 1.53 bits per heavy atom. The zero-order valence-corrected chi connectivity index (χ0v) is 9.42. The highest BCUT2D eigenvalue weighted by atomic mass is 35.5. The van der Waals surface area contributed by atoms with Crippen LogP contribution in [-0.4, -0.2) is 19.4 Å². The van der Waals surface area contributed by atoms with E-state index < -0.39 is 0 Å². The molecule has 2 aromatic heterocycles. The summed E-state index contributed by atoms with van der Waals surface area (Å²) in [6.45, 7) is 2.08. The Labute approximate surface area is 94.5 Å². The third kappa shape index (κ3) is 2.21. The number of aryl methyl sites for hydroxylation is 1. The summed E-state index contributed by atoms with van der Waals surface area (Å²) in [5.41, 5.74) is 1.17. The lowest BCUT2D eigenvalue weighted by Crippen LogP contribution is -2.23. The van der Waals surface area contributed by atoms with Crippen LogP contribution in [0.25, 0.3) is 0 Å². The van der Waals surface area contributed by atoms with Gasteiger partial charge in [-0.2, -0.15) is 5.10 Å². The largest absolute Gasteiger partial charge is 0.268 e. The Morgan fingerprint density at radius 3 is 3.00 bits per heavy atom. The van der Waals surface area contributed by atoms with E-state index in [0.717, 1.165) is 17.2 Å². The van der Waals surface area contributed by atoms with Crippen molar-refractivity contribution >= 4 is 23.1 Å². The maximum absolute atomic E-state index is 11.4. The van der Waals surface area contributed by atoms with E-state index >= 15 is 0 Å². The van der Waals surface area contributed by atoms with Crippen molar-refractivity contribution in [1.82, 2.24) is 19.4 Å². The third-order valence-electron chi connectivity index (χ3n) is 1.81. The minimum atomic E-state index is -0.176. The van der Waals surface area contributed by atoms with Gasteiger partial charge < -0.3 is 0 Å². The fourth-order valence-electron chi connectivity index (χ4n) is 1.10. The predicted octanol–water partition coefficient (Wildman–Crippen LogP) is 1.10. The summed E-state index contributed by atoms with van der Waals surface area (Å²) in [5.74, 6) is 0. The zero-order chi connectivity index (χ0) is 10.8. The molecule has 0 aromatic carbocycles. The molecule has 15 heavy (non-hydrogen) atoms. The number of hydrogen-bond acceptors (Lipinski definition) is 5. The van der Waals surface area contributed by atoms with E-state index in [-0.39, 0.29) is 12.1 Å². The number of nitrogens with zero attached hydrogens (tertiary/aromatic N) is 4. The van der Waals surface area contributed by atoms with E-state index in [9.17, 15) is 4.79 Å². The molecule has 0 saturated carbocycles. The summed E-state index contributed by atoms with van der Waals surface area (Å²) in [6.07, 6.45) is 0. The number of halogens is 1. The van der Waals surface area contributed by atoms with Gasteiger partial charge in [0.15, 0.2) is 0 Å². The Balaban J connectivity index is 2.36. The van der Waals surface area contributed by atoms with Gasteiger partial charge in [0.25, 0.3) is 5.56 Å². The van der Waals surface area contributed by atoms with Crippen LogP contribution in [0.5, 0.6) is 0 Å². The summed E-state index contributed by atoms with van der Waals surface area (Å²) in [5, 5.41) is 7.89. The van der Waals surface area contributed by atoms with Crippen molar-refractivity contribution in [2.75, 3.05) is 0 Å². The second-order valence-electron chi connectivity index (χ2n) is 2.96. The van der Waals surface area contributed by atoms with E-state index in [1.165, 1.54) is 10.7 Å². The lowest BCUT2D eigenvalue weighted by molar-refractivity contribution is 0.617. The van der Waals surface area contributed by atoms with E-state index in [1.807, 2.05) is 6.92 Å². The molecule has 2 rings (SSSR count). The molecule has 0 bridgehead atoms. The van der Waals surface area contributed by atoms with Crippen LogP contribution in [0.2, 0.25) is 4.34 Å². The quantitative estimate of drug-likeness (QED) is 0.791. The van der Waals surface area contributed by atoms with Gasteiger partial charge >= 0.3 is 0 Å². The first-order valence-corrected chi connectivity index (χ1v) is 5.33. The highest BCUT2D eigenvalue weighted by Gasteiger charge is 2.07. The molecular formula is C8H7ClN4OS. The first-order valence-electron chi connectivity index (χ1n) is 4.18. The average molecular weight is 243 g/mol. The molecule has 0 unspecified atom stereocenters. The van der Waals surface area contributed by atoms with Crippen molar-refractivity contribution < 1.29 is 0 Å². The van der Waals surface area contributed by atoms with E-state index in [1.54, 1.807) is 6.07 Å². The van der Waals surface area contributed by atoms with Gasteiger partial charge in [-0.05, 0) is 13.0 Å². The number of aromatic nitrogens is 4. The van der Waals surface area contributed by atoms with Gasteiger partial charge in [0.1, 0.15) is 10.0 Å². The molecule has 2 aromatic rings. The summed E-state index contributed by atoms with van der Waals surface area (Å²) >= 11 is 6.93. The minimum absolute atomic E-state index is 0.176. The second-order valence-corrected chi connectivity index (χ2v) is 4.32. The van der Waals surface area contributed by atoms with Crippen LogP contribution >= 0.6 is 23.1 Å². The first kappa shape index (κ1) is 10.3. The Bertz CT molecular complexity index is 535. The normalized spacial score (nSPS) is 10.5. The van der Waals surface area contributed by atoms with E-state index in [0.29, 0.717) is 10.0 Å². The van der Waals surface area contributed by atoms with Crippen LogP contribution in [0.4, 0.5) is 0 Å². The molecule has 2 heterocycles. The monoisotopic (exact) mass is 242 g/mol. The van der Waals surface area contributed by atoms with Gasteiger partial charge in [0, 0.05) is 17.6 Å². The van der Waals surface area contributed by atoms with Crippen molar-refractivity contribution in [2.45, 2.75) is 13.5 Å². The van der Waals surface area contributed by atoms with Crippen LogP contribution < -0.4 is 5.56 Å². The van der Waals surface area contributed by atoms with Gasteiger partial charge in [-0.3, -0.25) is 4.79 Å². The van der Waals surface area contributed by atoms with Gasteiger partial charge in [0.2, 0.25) is 0 Å². The number of hydrogen-bond donors (Lipinski definition) is 0. The minimum Gasteiger partial charge on any atom is -0.268 e. The number of rotatable bonds is 2. The van der Waals surface area contributed by atoms with Gasteiger partial charge in [0.05, 0.1) is 12.2 Å². The van der Waals surface area contributed by atoms with Crippen molar-refractivity contribution in [1.29, 1.82) is 0 Å². The van der Waals surface area contributed by atoms with Crippen LogP contribution in [0, 0.1) is 6.92 Å². The molecule has 0 N–H and O–H groups in total. The molecule has 0 spiro atoms. The molecule has 78 valence electrons. The predicted molar refractivity (Wildman–Crippen MR) is 57.3 cm³/mol. The molecule has 0 atom stereocenters. The molecule has 5 nitrogen and oxygen atoms in total. The maximum atomic E-state index is 11.4. The Hall–Kier alpha value is -1.27. The average Bonchev–Trinajstić information content (AvgIpc) is 2.58. The maximum Gasteiger partial charge on any atom is 0.267 e. The molecule has 0 aliphatic carbocycles. The summed E-state index contributed by atoms with van der Waals surface area (Å²) < 4.78 is 5.49. The van der Waals surface area contributed by atoms with E-state index in [4.69, 9.17) is 11.6 Å². The third-order valence-corrected chi connectivity index (χ3v) is 2.79. The van der Waals surface area contributed by atoms with Gasteiger partial charge in [-0.1, -0.05) is 16.1 Å². The zero-order valence-electron chi connectivity index (χ0n) is 7.85. The van der Waals surface area contributed by atoms with Gasteiger partial charge in [-0.25, -0.2) is 4.68 Å². The van der Waals surface area contributed by atoms with Crippen molar-refractivity contribution in [2.24, 2.45) is 0 Å². The smallest absolute Gasteiger partial charge is 0.267 e. The molecule has 0 radical (unpaired) electrons. The van der Waals surface area contributed by atoms with Crippen LogP contribution in [0.3, 0.4) is 0 Å². The fraction of sp³-hybridized carbons (Fsp3) is 0.250. The van der Waals surface area contributed by atoms with E-state index in [2.05, 4.69) is 14.7 Å². The van der Waals surface area contributed by atoms with Crippen LogP contribution in [0.15, 0.2) is 16.9 Å². The molecule has 0 aliphatic heterocycles. The lowest BCUT2D eigenvalue weighted by Gasteiger charge is -2.02. The SMILES string of the molecule is Cc1ccc(=O)n(Cc2nnsc2Cl)n1. The molecule has 7 heteroatoms. The highest BCUT2D eigenvalue weighted by Crippen LogP contribution is 2.17. The summed E-state index contributed by atoms with van der Waals surface area (Å²) in [7, 11) is 0.